The molecule has 1 aromatic rings. The SMILES string of the molecule is CC(NC(C)(C)CC(C)(C)C)c1ccc(F)c(Cl)c1. The standard InChI is InChI=1S/C16H25ClFN/c1-11(12-7-8-14(18)13(17)9-12)19-16(5,6)10-15(2,3)4/h7-9,11,19H,10H2,1-6H3. The number of halogens is 2. The normalized spacial score (nSPS) is 14.5. The van der Waals surface area contributed by atoms with Crippen molar-refractivity contribution in [2.75, 3.05) is 0 Å². The first-order valence-corrected chi connectivity index (χ1v) is 7.11. The molecule has 0 amide bonds. The van der Waals surface area contributed by atoms with Crippen LogP contribution in [0.5, 0.6) is 0 Å². The Bertz CT molecular complexity index is 435. The molecule has 0 fully saturated rings. The lowest BCUT2D eigenvalue weighted by atomic mass is 9.81. The second-order valence-electron chi connectivity index (χ2n) is 7.16. The second kappa shape index (κ2) is 5.80. The van der Waals surface area contributed by atoms with E-state index in [0.29, 0.717) is 0 Å². The van der Waals surface area contributed by atoms with Crippen molar-refractivity contribution in [3.05, 3.63) is 34.6 Å². The average molecular weight is 286 g/mol. The maximum absolute atomic E-state index is 13.2. The van der Waals surface area contributed by atoms with Crippen LogP contribution >= 0.6 is 11.6 Å². The zero-order valence-corrected chi connectivity index (χ0v) is 13.5. The largest absolute Gasteiger partial charge is 0.305 e. The monoisotopic (exact) mass is 285 g/mol. The van der Waals surface area contributed by atoms with E-state index in [4.69, 9.17) is 11.6 Å². The molecule has 0 heterocycles. The number of nitrogens with one attached hydrogen (secondary N) is 1. The highest BCUT2D eigenvalue weighted by atomic mass is 35.5. The lowest BCUT2D eigenvalue weighted by molar-refractivity contribution is 0.227. The molecular weight excluding hydrogens is 261 g/mol. The van der Waals surface area contributed by atoms with Gasteiger partial charge >= 0.3 is 0 Å². The first-order chi connectivity index (χ1) is 8.50. The van der Waals surface area contributed by atoms with Gasteiger partial charge in [-0.1, -0.05) is 38.4 Å². The first kappa shape index (κ1) is 16.5. The summed E-state index contributed by atoms with van der Waals surface area (Å²) in [6.07, 6.45) is 1.05. The molecule has 1 aromatic carbocycles. The number of hydrogen-bond donors (Lipinski definition) is 1. The minimum atomic E-state index is -0.369. The predicted octanol–water partition coefficient (Wildman–Crippen LogP) is 5.34. The van der Waals surface area contributed by atoms with Gasteiger partial charge in [-0.15, -0.1) is 0 Å². The summed E-state index contributed by atoms with van der Waals surface area (Å²) in [5.41, 5.74) is 1.28. The van der Waals surface area contributed by atoms with Crippen molar-refractivity contribution in [3.63, 3.8) is 0 Å². The van der Waals surface area contributed by atoms with E-state index in [2.05, 4.69) is 46.9 Å². The molecular formula is C16H25ClFN. The van der Waals surface area contributed by atoms with E-state index in [1.807, 2.05) is 0 Å². The van der Waals surface area contributed by atoms with Crippen molar-refractivity contribution in [2.45, 2.75) is 59.5 Å². The number of benzene rings is 1. The van der Waals surface area contributed by atoms with Gasteiger partial charge in [-0.3, -0.25) is 0 Å². The summed E-state index contributed by atoms with van der Waals surface area (Å²) in [7, 11) is 0. The van der Waals surface area contributed by atoms with Gasteiger partial charge in [-0.25, -0.2) is 4.39 Å². The van der Waals surface area contributed by atoms with Crippen LogP contribution in [0.4, 0.5) is 4.39 Å². The lowest BCUT2D eigenvalue weighted by Gasteiger charge is -2.36. The minimum Gasteiger partial charge on any atom is -0.305 e. The van der Waals surface area contributed by atoms with Crippen molar-refractivity contribution >= 4 is 11.6 Å². The van der Waals surface area contributed by atoms with Crippen molar-refractivity contribution < 1.29 is 4.39 Å². The fourth-order valence-electron chi connectivity index (χ4n) is 2.83. The summed E-state index contributed by atoms with van der Waals surface area (Å²) in [5, 5.41) is 3.77. The van der Waals surface area contributed by atoms with Gasteiger partial charge in [-0.2, -0.15) is 0 Å². The third kappa shape index (κ3) is 5.50. The van der Waals surface area contributed by atoms with E-state index in [-0.39, 0.29) is 27.8 Å². The fourth-order valence-corrected chi connectivity index (χ4v) is 3.02. The Kier molecular flexibility index (Phi) is 5.02. The topological polar surface area (TPSA) is 12.0 Å². The molecule has 3 heteroatoms. The Morgan fingerprint density at radius 2 is 1.79 bits per heavy atom. The molecule has 1 unspecified atom stereocenters. The summed E-state index contributed by atoms with van der Waals surface area (Å²) in [4.78, 5) is 0. The van der Waals surface area contributed by atoms with E-state index in [9.17, 15) is 4.39 Å². The Labute approximate surface area is 121 Å². The highest BCUT2D eigenvalue weighted by Crippen LogP contribution is 2.29. The Balaban J connectivity index is 2.78. The van der Waals surface area contributed by atoms with Crippen molar-refractivity contribution in [1.29, 1.82) is 0 Å². The minimum absolute atomic E-state index is 0.0124. The van der Waals surface area contributed by atoms with Crippen LogP contribution in [0.3, 0.4) is 0 Å². The summed E-state index contributed by atoms with van der Waals surface area (Å²) < 4.78 is 13.2. The molecule has 0 saturated carbocycles. The van der Waals surface area contributed by atoms with E-state index in [0.717, 1.165) is 12.0 Å². The molecule has 19 heavy (non-hydrogen) atoms. The van der Waals surface area contributed by atoms with Gasteiger partial charge in [0, 0.05) is 11.6 Å². The maximum atomic E-state index is 13.2. The van der Waals surface area contributed by atoms with Gasteiger partial charge in [-0.05, 0) is 50.3 Å². The van der Waals surface area contributed by atoms with Gasteiger partial charge < -0.3 is 5.32 Å². The summed E-state index contributed by atoms with van der Waals surface area (Å²) in [6, 6.07) is 5.04. The van der Waals surface area contributed by atoms with Crippen LogP contribution in [-0.2, 0) is 0 Å². The Hall–Kier alpha value is -0.600. The molecule has 1 rings (SSSR count). The summed E-state index contributed by atoms with van der Waals surface area (Å²) in [5.74, 6) is -0.369. The van der Waals surface area contributed by atoms with E-state index in [1.165, 1.54) is 6.07 Å². The van der Waals surface area contributed by atoms with Gasteiger partial charge in [0.15, 0.2) is 0 Å². The molecule has 0 aliphatic rings. The molecule has 1 nitrogen and oxygen atoms in total. The van der Waals surface area contributed by atoms with Crippen LogP contribution in [0.1, 0.15) is 59.6 Å². The van der Waals surface area contributed by atoms with E-state index >= 15 is 0 Å². The molecule has 0 saturated heterocycles. The average Bonchev–Trinajstić information content (AvgIpc) is 2.17. The smallest absolute Gasteiger partial charge is 0.141 e. The van der Waals surface area contributed by atoms with Gasteiger partial charge in [0.25, 0.3) is 0 Å². The van der Waals surface area contributed by atoms with Crippen molar-refractivity contribution in [2.24, 2.45) is 5.41 Å². The van der Waals surface area contributed by atoms with Crippen LogP contribution in [-0.4, -0.2) is 5.54 Å². The zero-order chi connectivity index (χ0) is 14.8. The van der Waals surface area contributed by atoms with Crippen LogP contribution < -0.4 is 5.32 Å². The molecule has 108 valence electrons. The third-order valence-corrected chi connectivity index (χ3v) is 3.31. The van der Waals surface area contributed by atoms with Crippen molar-refractivity contribution in [3.8, 4) is 0 Å². The Morgan fingerprint density at radius 1 is 1.21 bits per heavy atom. The quantitative estimate of drug-likeness (QED) is 0.787. The van der Waals surface area contributed by atoms with Gasteiger partial charge in [0.05, 0.1) is 5.02 Å². The first-order valence-electron chi connectivity index (χ1n) is 6.73. The summed E-state index contributed by atoms with van der Waals surface area (Å²) >= 11 is 5.83. The molecule has 0 radical (unpaired) electrons. The summed E-state index contributed by atoms with van der Waals surface area (Å²) in [6.45, 7) is 13.2. The second-order valence-corrected chi connectivity index (χ2v) is 7.57. The van der Waals surface area contributed by atoms with Crippen LogP contribution in [0.15, 0.2) is 18.2 Å². The Morgan fingerprint density at radius 3 is 2.26 bits per heavy atom. The van der Waals surface area contributed by atoms with E-state index in [1.54, 1.807) is 12.1 Å². The zero-order valence-electron chi connectivity index (χ0n) is 12.8. The third-order valence-electron chi connectivity index (χ3n) is 3.02. The molecule has 0 aliphatic carbocycles. The van der Waals surface area contributed by atoms with E-state index < -0.39 is 0 Å². The highest BCUT2D eigenvalue weighted by molar-refractivity contribution is 6.30. The van der Waals surface area contributed by atoms with Crippen LogP contribution in [0.2, 0.25) is 5.02 Å². The molecule has 0 aromatic heterocycles. The molecule has 0 bridgehead atoms. The van der Waals surface area contributed by atoms with Crippen LogP contribution in [0.25, 0.3) is 0 Å². The number of hydrogen-bond acceptors (Lipinski definition) is 1. The lowest BCUT2D eigenvalue weighted by Crippen LogP contribution is -2.43. The maximum Gasteiger partial charge on any atom is 0.141 e. The molecule has 0 aliphatic heterocycles. The molecule has 0 spiro atoms. The predicted molar refractivity (Wildman–Crippen MR) is 81.1 cm³/mol. The van der Waals surface area contributed by atoms with Crippen LogP contribution in [0, 0.1) is 11.2 Å². The van der Waals surface area contributed by atoms with Gasteiger partial charge in [0.2, 0.25) is 0 Å². The number of rotatable bonds is 4. The van der Waals surface area contributed by atoms with Crippen molar-refractivity contribution in [1.82, 2.24) is 5.32 Å². The molecule has 1 atom stereocenters. The highest BCUT2D eigenvalue weighted by Gasteiger charge is 2.27. The molecule has 1 N–H and O–H groups in total. The fraction of sp³-hybridized carbons (Fsp3) is 0.625. The van der Waals surface area contributed by atoms with Gasteiger partial charge in [0.1, 0.15) is 5.82 Å².